The van der Waals surface area contributed by atoms with Crippen LogP contribution in [0.3, 0.4) is 0 Å². The molecule has 1 aromatic carbocycles. The average molecular weight is 176 g/mol. The molecule has 0 bridgehead atoms. The highest BCUT2D eigenvalue weighted by molar-refractivity contribution is 5.17. The Hall–Kier alpha value is -0.820. The summed E-state index contributed by atoms with van der Waals surface area (Å²) < 4.78 is 0. The van der Waals surface area contributed by atoms with Crippen molar-refractivity contribution in [1.29, 1.82) is 0 Å². The molecule has 70 valence electrons. The van der Waals surface area contributed by atoms with E-state index in [1.807, 2.05) is 25.1 Å². The number of aliphatic hydroxyl groups is 1. The fourth-order valence-electron chi connectivity index (χ4n) is 1.86. The lowest BCUT2D eigenvalue weighted by molar-refractivity contribution is 0.0372. The molecule has 0 saturated heterocycles. The van der Waals surface area contributed by atoms with Crippen LogP contribution in [0.4, 0.5) is 0 Å². The molecular formula is C12H16O. The first-order valence-corrected chi connectivity index (χ1v) is 4.95. The van der Waals surface area contributed by atoms with Gasteiger partial charge in [0.25, 0.3) is 0 Å². The predicted octanol–water partition coefficient (Wildman–Crippen LogP) is 2.39. The largest absolute Gasteiger partial charge is 0.390 e. The van der Waals surface area contributed by atoms with E-state index in [4.69, 9.17) is 0 Å². The number of hydrogen-bond donors (Lipinski definition) is 1. The highest BCUT2D eigenvalue weighted by Gasteiger charge is 2.39. The van der Waals surface area contributed by atoms with Crippen LogP contribution in [-0.2, 0) is 6.42 Å². The minimum atomic E-state index is -0.485. The highest BCUT2D eigenvalue weighted by Crippen LogP contribution is 2.41. The molecule has 1 aliphatic carbocycles. The van der Waals surface area contributed by atoms with Gasteiger partial charge in [0.2, 0.25) is 0 Å². The maximum absolute atomic E-state index is 10.1. The van der Waals surface area contributed by atoms with Gasteiger partial charge in [0.15, 0.2) is 0 Å². The van der Waals surface area contributed by atoms with Gasteiger partial charge in [-0.25, -0.2) is 0 Å². The average Bonchev–Trinajstić information content (AvgIpc) is 2.87. The molecule has 0 aromatic heterocycles. The van der Waals surface area contributed by atoms with Crippen LogP contribution in [0.25, 0.3) is 0 Å². The Balaban J connectivity index is 2.04. The molecule has 1 fully saturated rings. The van der Waals surface area contributed by atoms with Gasteiger partial charge in [-0.15, -0.1) is 0 Å². The summed E-state index contributed by atoms with van der Waals surface area (Å²) in [6.45, 7) is 1.96. The van der Waals surface area contributed by atoms with E-state index in [1.54, 1.807) is 0 Å². The Morgan fingerprint density at radius 1 is 1.31 bits per heavy atom. The zero-order valence-electron chi connectivity index (χ0n) is 8.03. The summed E-state index contributed by atoms with van der Waals surface area (Å²) in [5.74, 6) is 0.535. The van der Waals surface area contributed by atoms with Gasteiger partial charge >= 0.3 is 0 Å². The first kappa shape index (κ1) is 8.76. The molecule has 1 atom stereocenters. The quantitative estimate of drug-likeness (QED) is 0.749. The second-order valence-corrected chi connectivity index (χ2v) is 4.29. The van der Waals surface area contributed by atoms with E-state index < -0.39 is 5.60 Å². The van der Waals surface area contributed by atoms with E-state index in [2.05, 4.69) is 12.1 Å². The number of hydrogen-bond acceptors (Lipinski definition) is 1. The molecule has 0 amide bonds. The van der Waals surface area contributed by atoms with Gasteiger partial charge in [-0.2, -0.15) is 0 Å². The predicted molar refractivity (Wildman–Crippen MR) is 53.5 cm³/mol. The molecule has 1 nitrogen and oxygen atoms in total. The molecule has 1 N–H and O–H groups in total. The Bertz CT molecular complexity index is 272. The van der Waals surface area contributed by atoms with Gasteiger partial charge in [0.1, 0.15) is 0 Å². The zero-order valence-corrected chi connectivity index (χ0v) is 8.03. The molecule has 0 heterocycles. The van der Waals surface area contributed by atoms with Crippen LogP contribution < -0.4 is 0 Å². The monoisotopic (exact) mass is 176 g/mol. The topological polar surface area (TPSA) is 20.2 Å². The van der Waals surface area contributed by atoms with Crippen LogP contribution in [0.1, 0.15) is 25.3 Å². The van der Waals surface area contributed by atoms with Crippen LogP contribution in [0.5, 0.6) is 0 Å². The van der Waals surface area contributed by atoms with Crippen molar-refractivity contribution in [2.24, 2.45) is 5.92 Å². The first-order valence-electron chi connectivity index (χ1n) is 4.95. The second-order valence-electron chi connectivity index (χ2n) is 4.29. The molecule has 1 aliphatic rings. The van der Waals surface area contributed by atoms with Crippen LogP contribution in [0.15, 0.2) is 30.3 Å². The molecule has 1 saturated carbocycles. The van der Waals surface area contributed by atoms with E-state index in [1.165, 1.54) is 18.4 Å². The normalized spacial score (nSPS) is 21.1. The summed E-state index contributed by atoms with van der Waals surface area (Å²) in [5, 5.41) is 10.1. The molecular weight excluding hydrogens is 160 g/mol. The fourth-order valence-corrected chi connectivity index (χ4v) is 1.86. The first-order chi connectivity index (χ1) is 6.18. The van der Waals surface area contributed by atoms with Crippen LogP contribution in [0.2, 0.25) is 0 Å². The van der Waals surface area contributed by atoms with Crippen molar-refractivity contribution in [1.82, 2.24) is 0 Å². The van der Waals surface area contributed by atoms with Gasteiger partial charge in [0.05, 0.1) is 5.60 Å². The van der Waals surface area contributed by atoms with E-state index in [0.717, 1.165) is 6.42 Å². The number of benzene rings is 1. The Morgan fingerprint density at radius 2 is 1.92 bits per heavy atom. The fraction of sp³-hybridized carbons (Fsp3) is 0.500. The second kappa shape index (κ2) is 3.15. The maximum atomic E-state index is 10.1. The lowest BCUT2D eigenvalue weighted by atomic mass is 9.92. The molecule has 1 aromatic rings. The maximum Gasteiger partial charge on any atom is 0.0687 e. The molecule has 0 radical (unpaired) electrons. The zero-order chi connectivity index (χ0) is 9.31. The summed E-state index contributed by atoms with van der Waals surface area (Å²) in [6, 6.07) is 10.2. The smallest absolute Gasteiger partial charge is 0.0687 e. The lowest BCUT2D eigenvalue weighted by Crippen LogP contribution is -2.29. The van der Waals surface area contributed by atoms with E-state index in [-0.39, 0.29) is 0 Å². The summed E-state index contributed by atoms with van der Waals surface area (Å²) in [4.78, 5) is 0. The minimum Gasteiger partial charge on any atom is -0.390 e. The van der Waals surface area contributed by atoms with Crippen molar-refractivity contribution in [2.75, 3.05) is 0 Å². The number of rotatable bonds is 3. The Kier molecular flexibility index (Phi) is 2.12. The summed E-state index contributed by atoms with van der Waals surface area (Å²) >= 11 is 0. The van der Waals surface area contributed by atoms with Crippen LogP contribution in [-0.4, -0.2) is 10.7 Å². The van der Waals surface area contributed by atoms with Gasteiger partial charge in [0, 0.05) is 6.42 Å². The van der Waals surface area contributed by atoms with E-state index in [9.17, 15) is 5.11 Å². The van der Waals surface area contributed by atoms with Crippen molar-refractivity contribution >= 4 is 0 Å². The lowest BCUT2D eigenvalue weighted by Gasteiger charge is -2.22. The molecule has 2 rings (SSSR count). The summed E-state index contributed by atoms with van der Waals surface area (Å²) in [6.07, 6.45) is 3.18. The van der Waals surface area contributed by atoms with Gasteiger partial charge in [-0.1, -0.05) is 30.3 Å². The Labute approximate surface area is 79.4 Å². The summed E-state index contributed by atoms with van der Waals surface area (Å²) in [7, 11) is 0. The van der Waals surface area contributed by atoms with Crippen molar-refractivity contribution in [3.8, 4) is 0 Å². The molecule has 0 spiro atoms. The van der Waals surface area contributed by atoms with Gasteiger partial charge in [-0.3, -0.25) is 0 Å². The van der Waals surface area contributed by atoms with E-state index in [0.29, 0.717) is 5.92 Å². The highest BCUT2D eigenvalue weighted by atomic mass is 16.3. The van der Waals surface area contributed by atoms with Crippen molar-refractivity contribution in [3.05, 3.63) is 35.9 Å². The molecule has 1 heteroatoms. The van der Waals surface area contributed by atoms with Gasteiger partial charge < -0.3 is 5.11 Å². The van der Waals surface area contributed by atoms with E-state index >= 15 is 0 Å². The Morgan fingerprint density at radius 3 is 2.46 bits per heavy atom. The van der Waals surface area contributed by atoms with Crippen LogP contribution in [0, 0.1) is 5.92 Å². The molecule has 0 unspecified atom stereocenters. The molecule has 0 aliphatic heterocycles. The third-order valence-electron chi connectivity index (χ3n) is 2.86. The third kappa shape index (κ3) is 2.10. The van der Waals surface area contributed by atoms with Crippen LogP contribution >= 0.6 is 0 Å². The van der Waals surface area contributed by atoms with Gasteiger partial charge in [-0.05, 0) is 31.2 Å². The standard InChI is InChI=1S/C12H16O/c1-12(13,11-7-8-11)9-10-5-3-2-4-6-10/h2-6,11,13H,7-9H2,1H3/t12-/m1/s1. The summed E-state index contributed by atoms with van der Waals surface area (Å²) in [5.41, 5.74) is 0.751. The van der Waals surface area contributed by atoms with Crippen molar-refractivity contribution in [2.45, 2.75) is 31.8 Å². The van der Waals surface area contributed by atoms with Crippen molar-refractivity contribution in [3.63, 3.8) is 0 Å². The van der Waals surface area contributed by atoms with Crippen molar-refractivity contribution < 1.29 is 5.11 Å². The third-order valence-corrected chi connectivity index (χ3v) is 2.86. The SMILES string of the molecule is C[C@@](O)(Cc1ccccc1)C1CC1. The molecule has 13 heavy (non-hydrogen) atoms. The minimum absolute atomic E-state index is 0.485.